The van der Waals surface area contributed by atoms with Crippen molar-refractivity contribution in [1.29, 1.82) is 0 Å². The van der Waals surface area contributed by atoms with Crippen molar-refractivity contribution in [3.63, 3.8) is 0 Å². The molecule has 0 radical (unpaired) electrons. The largest absolute Gasteiger partial charge is 0.483 e. The second-order valence-electron chi connectivity index (χ2n) is 4.28. The SMILES string of the molecule is CC1(C)C=C(P(=O)(O)O)c2ccccc2O1. The van der Waals surface area contributed by atoms with Gasteiger partial charge in [0, 0.05) is 5.56 Å². The second kappa shape index (κ2) is 3.45. The Kier molecular flexibility index (Phi) is 2.46. The molecule has 0 fully saturated rings. The number of hydrogen-bond acceptors (Lipinski definition) is 2. The lowest BCUT2D eigenvalue weighted by atomic mass is 10.0. The van der Waals surface area contributed by atoms with Crippen molar-refractivity contribution in [3.8, 4) is 5.75 Å². The molecule has 0 saturated carbocycles. The summed E-state index contributed by atoms with van der Waals surface area (Å²) in [6.45, 7) is 3.52. The third-order valence-electron chi connectivity index (χ3n) is 2.33. The van der Waals surface area contributed by atoms with Crippen LogP contribution < -0.4 is 4.74 Å². The lowest BCUT2D eigenvalue weighted by molar-refractivity contribution is 0.158. The Morgan fingerprint density at radius 3 is 2.50 bits per heavy atom. The van der Waals surface area contributed by atoms with E-state index in [1.54, 1.807) is 38.1 Å². The van der Waals surface area contributed by atoms with Crippen molar-refractivity contribution in [3.05, 3.63) is 35.9 Å². The Hall–Kier alpha value is -1.09. The maximum absolute atomic E-state index is 11.4. The average molecular weight is 240 g/mol. The molecule has 0 bridgehead atoms. The van der Waals surface area contributed by atoms with E-state index in [0.717, 1.165) is 0 Å². The van der Waals surface area contributed by atoms with Crippen molar-refractivity contribution < 1.29 is 19.1 Å². The van der Waals surface area contributed by atoms with Crippen LogP contribution in [0, 0.1) is 0 Å². The standard InChI is InChI=1S/C11H13O4P/c1-11(2)7-10(16(12,13)14)8-5-3-4-6-9(8)15-11/h3-7H,1-2H3,(H2,12,13,14). The van der Waals surface area contributed by atoms with E-state index in [9.17, 15) is 14.4 Å². The second-order valence-corrected chi connectivity index (χ2v) is 5.85. The highest BCUT2D eigenvalue weighted by Crippen LogP contribution is 2.55. The molecular formula is C11H13O4P. The van der Waals surface area contributed by atoms with Crippen LogP contribution in [0.5, 0.6) is 5.75 Å². The topological polar surface area (TPSA) is 66.8 Å². The van der Waals surface area contributed by atoms with Gasteiger partial charge in [-0.15, -0.1) is 0 Å². The van der Waals surface area contributed by atoms with Gasteiger partial charge in [0.2, 0.25) is 0 Å². The van der Waals surface area contributed by atoms with Gasteiger partial charge in [-0.05, 0) is 26.0 Å². The lowest BCUT2D eigenvalue weighted by Crippen LogP contribution is -2.28. The molecule has 1 aromatic rings. The molecule has 0 saturated heterocycles. The summed E-state index contributed by atoms with van der Waals surface area (Å²) < 4.78 is 17.0. The third kappa shape index (κ3) is 2.05. The maximum Gasteiger partial charge on any atom is 0.356 e. The van der Waals surface area contributed by atoms with Crippen LogP contribution in [-0.2, 0) is 4.57 Å². The Balaban J connectivity index is 2.65. The van der Waals surface area contributed by atoms with E-state index in [1.807, 2.05) is 0 Å². The quantitative estimate of drug-likeness (QED) is 0.739. The van der Waals surface area contributed by atoms with Crippen LogP contribution in [0.4, 0.5) is 0 Å². The number of benzene rings is 1. The predicted molar refractivity (Wildman–Crippen MR) is 61.2 cm³/mol. The molecule has 0 aliphatic carbocycles. The van der Waals surface area contributed by atoms with Crippen LogP contribution in [-0.4, -0.2) is 15.4 Å². The van der Waals surface area contributed by atoms with E-state index in [0.29, 0.717) is 11.3 Å². The van der Waals surface area contributed by atoms with Crippen molar-refractivity contribution in [2.75, 3.05) is 0 Å². The minimum absolute atomic E-state index is 0.0411. The zero-order valence-corrected chi connectivity index (χ0v) is 9.94. The fourth-order valence-electron chi connectivity index (χ4n) is 1.73. The minimum atomic E-state index is -4.27. The monoisotopic (exact) mass is 240 g/mol. The summed E-state index contributed by atoms with van der Waals surface area (Å²) in [5.41, 5.74) is -0.236. The van der Waals surface area contributed by atoms with Gasteiger partial charge in [0.25, 0.3) is 0 Å². The van der Waals surface area contributed by atoms with Crippen molar-refractivity contribution >= 4 is 12.9 Å². The summed E-state index contributed by atoms with van der Waals surface area (Å²) in [5.74, 6) is 0.508. The molecule has 2 rings (SSSR count). The normalized spacial score (nSPS) is 18.4. The van der Waals surface area contributed by atoms with Crippen molar-refractivity contribution in [1.82, 2.24) is 0 Å². The summed E-state index contributed by atoms with van der Waals surface area (Å²) in [4.78, 5) is 18.6. The smallest absolute Gasteiger partial charge is 0.356 e. The number of rotatable bonds is 1. The zero-order chi connectivity index (χ0) is 12.0. The van der Waals surface area contributed by atoms with Gasteiger partial charge in [0.15, 0.2) is 0 Å². The lowest BCUT2D eigenvalue weighted by Gasteiger charge is -2.31. The molecule has 0 amide bonds. The number of ether oxygens (including phenoxy) is 1. The molecule has 1 aromatic carbocycles. The first kappa shape index (κ1) is 11.4. The molecule has 86 valence electrons. The van der Waals surface area contributed by atoms with E-state index in [1.165, 1.54) is 6.08 Å². The molecule has 0 spiro atoms. The number of fused-ring (bicyclic) bond motifs is 1. The Morgan fingerprint density at radius 1 is 1.25 bits per heavy atom. The molecule has 16 heavy (non-hydrogen) atoms. The first-order valence-corrected chi connectivity index (χ1v) is 6.48. The van der Waals surface area contributed by atoms with Crippen molar-refractivity contribution in [2.45, 2.75) is 19.4 Å². The van der Waals surface area contributed by atoms with Gasteiger partial charge >= 0.3 is 7.60 Å². The van der Waals surface area contributed by atoms with E-state index in [4.69, 9.17) is 4.74 Å². The molecule has 4 nitrogen and oxygen atoms in total. The predicted octanol–water partition coefficient (Wildman–Crippen LogP) is 2.38. The first-order chi connectivity index (χ1) is 7.30. The minimum Gasteiger partial charge on any atom is -0.483 e. The fraction of sp³-hybridized carbons (Fsp3) is 0.273. The zero-order valence-electron chi connectivity index (χ0n) is 9.04. The third-order valence-corrected chi connectivity index (χ3v) is 3.33. The summed E-state index contributed by atoms with van der Waals surface area (Å²) in [5, 5.41) is 0.0411. The average Bonchev–Trinajstić information content (AvgIpc) is 2.13. The van der Waals surface area contributed by atoms with Gasteiger partial charge in [0.1, 0.15) is 11.4 Å². The number of para-hydroxylation sites is 1. The number of hydrogen-bond donors (Lipinski definition) is 2. The molecule has 2 N–H and O–H groups in total. The Labute approximate surface area is 93.7 Å². The molecule has 1 heterocycles. The molecule has 0 atom stereocenters. The van der Waals surface area contributed by atoms with Gasteiger partial charge in [0.05, 0.1) is 5.31 Å². The van der Waals surface area contributed by atoms with E-state index < -0.39 is 13.2 Å². The van der Waals surface area contributed by atoms with Gasteiger partial charge < -0.3 is 14.5 Å². The summed E-state index contributed by atoms with van der Waals surface area (Å²) in [7, 11) is -4.27. The summed E-state index contributed by atoms with van der Waals surface area (Å²) in [6, 6.07) is 6.86. The van der Waals surface area contributed by atoms with Gasteiger partial charge in [-0.1, -0.05) is 18.2 Å². The van der Waals surface area contributed by atoms with Crippen LogP contribution in [0.25, 0.3) is 5.31 Å². The molecule has 5 heteroatoms. The molecular weight excluding hydrogens is 227 g/mol. The van der Waals surface area contributed by atoms with Crippen LogP contribution in [0.3, 0.4) is 0 Å². The Bertz CT molecular complexity index is 498. The van der Waals surface area contributed by atoms with Gasteiger partial charge in [-0.3, -0.25) is 4.57 Å². The van der Waals surface area contributed by atoms with Crippen LogP contribution in [0.15, 0.2) is 30.3 Å². The highest BCUT2D eigenvalue weighted by Gasteiger charge is 2.34. The first-order valence-electron chi connectivity index (χ1n) is 4.87. The Morgan fingerprint density at radius 2 is 1.88 bits per heavy atom. The van der Waals surface area contributed by atoms with Crippen LogP contribution in [0.1, 0.15) is 19.4 Å². The molecule has 0 aromatic heterocycles. The molecule has 1 aliphatic heterocycles. The van der Waals surface area contributed by atoms with Crippen LogP contribution >= 0.6 is 7.60 Å². The van der Waals surface area contributed by atoms with Crippen LogP contribution in [0.2, 0.25) is 0 Å². The highest BCUT2D eigenvalue weighted by molar-refractivity contribution is 7.63. The van der Waals surface area contributed by atoms with E-state index in [-0.39, 0.29) is 5.31 Å². The van der Waals surface area contributed by atoms with Crippen molar-refractivity contribution in [2.24, 2.45) is 0 Å². The summed E-state index contributed by atoms with van der Waals surface area (Å²) >= 11 is 0. The fourth-order valence-corrected chi connectivity index (χ4v) is 2.71. The van der Waals surface area contributed by atoms with E-state index in [2.05, 4.69) is 0 Å². The van der Waals surface area contributed by atoms with Gasteiger partial charge in [-0.25, -0.2) is 0 Å². The highest BCUT2D eigenvalue weighted by atomic mass is 31.2. The molecule has 0 unspecified atom stereocenters. The maximum atomic E-state index is 11.4. The summed E-state index contributed by atoms with van der Waals surface area (Å²) in [6.07, 6.45) is 1.48. The van der Waals surface area contributed by atoms with Gasteiger partial charge in [-0.2, -0.15) is 0 Å². The molecule has 1 aliphatic rings. The van der Waals surface area contributed by atoms with E-state index >= 15 is 0 Å².